The Balaban J connectivity index is 2.22. The van der Waals surface area contributed by atoms with E-state index >= 15 is 0 Å². The van der Waals surface area contributed by atoms with Crippen molar-refractivity contribution in [1.82, 2.24) is 0 Å². The first kappa shape index (κ1) is 12.5. The molecule has 20 heavy (non-hydrogen) atoms. The zero-order valence-electron chi connectivity index (χ0n) is 11.6. The summed E-state index contributed by atoms with van der Waals surface area (Å²) in [6.07, 6.45) is 1.71. The molecule has 2 nitrogen and oxygen atoms in total. The van der Waals surface area contributed by atoms with E-state index in [2.05, 4.69) is 19.6 Å². The SMILES string of the molecule is C=C(c1ccccc1OC)c1c(C)ccc2occc12. The largest absolute Gasteiger partial charge is 0.496 e. The summed E-state index contributed by atoms with van der Waals surface area (Å²) in [5, 5.41) is 1.08. The molecule has 0 aliphatic heterocycles. The Kier molecular flexibility index (Phi) is 3.07. The van der Waals surface area contributed by atoms with Crippen molar-refractivity contribution >= 4 is 16.5 Å². The molecule has 0 unspecified atom stereocenters. The normalized spacial score (nSPS) is 10.7. The first-order chi connectivity index (χ1) is 9.72. The fraction of sp³-hybridized carbons (Fsp3) is 0.111. The third kappa shape index (κ3) is 1.90. The van der Waals surface area contributed by atoms with Crippen molar-refractivity contribution < 1.29 is 9.15 Å². The van der Waals surface area contributed by atoms with Crippen LogP contribution in [0.5, 0.6) is 5.75 Å². The molecule has 2 aromatic carbocycles. The molecule has 0 N–H and O–H groups in total. The Bertz CT molecular complexity index is 781. The van der Waals surface area contributed by atoms with Crippen LogP contribution >= 0.6 is 0 Å². The van der Waals surface area contributed by atoms with Gasteiger partial charge in [0.1, 0.15) is 11.3 Å². The molecule has 0 saturated carbocycles. The van der Waals surface area contributed by atoms with Crippen LogP contribution in [0.4, 0.5) is 0 Å². The molecule has 0 spiro atoms. The van der Waals surface area contributed by atoms with Crippen molar-refractivity contribution in [1.29, 1.82) is 0 Å². The third-order valence-electron chi connectivity index (χ3n) is 3.58. The van der Waals surface area contributed by atoms with Crippen LogP contribution in [0.3, 0.4) is 0 Å². The van der Waals surface area contributed by atoms with Crippen LogP contribution in [0, 0.1) is 6.92 Å². The number of furan rings is 1. The van der Waals surface area contributed by atoms with Crippen LogP contribution in [0.25, 0.3) is 16.5 Å². The van der Waals surface area contributed by atoms with E-state index in [9.17, 15) is 0 Å². The van der Waals surface area contributed by atoms with Crippen LogP contribution in [0.2, 0.25) is 0 Å². The molecule has 0 fully saturated rings. The molecule has 0 amide bonds. The minimum absolute atomic E-state index is 0.831. The van der Waals surface area contributed by atoms with E-state index in [1.54, 1.807) is 13.4 Å². The summed E-state index contributed by atoms with van der Waals surface area (Å²) in [5.74, 6) is 0.831. The molecular weight excluding hydrogens is 248 g/mol. The Hall–Kier alpha value is -2.48. The van der Waals surface area contributed by atoms with Gasteiger partial charge in [-0.25, -0.2) is 0 Å². The van der Waals surface area contributed by atoms with E-state index in [1.165, 1.54) is 5.56 Å². The van der Waals surface area contributed by atoms with Gasteiger partial charge in [0.05, 0.1) is 13.4 Å². The maximum Gasteiger partial charge on any atom is 0.134 e. The third-order valence-corrected chi connectivity index (χ3v) is 3.58. The van der Waals surface area contributed by atoms with Gasteiger partial charge in [-0.2, -0.15) is 0 Å². The topological polar surface area (TPSA) is 22.4 Å². The molecule has 0 radical (unpaired) electrons. The van der Waals surface area contributed by atoms with Crippen molar-refractivity contribution in [3.8, 4) is 5.75 Å². The zero-order chi connectivity index (χ0) is 14.1. The molecule has 0 bridgehead atoms. The Labute approximate surface area is 118 Å². The summed E-state index contributed by atoms with van der Waals surface area (Å²) in [7, 11) is 1.68. The molecule has 1 heterocycles. The molecule has 3 aromatic rings. The van der Waals surface area contributed by atoms with E-state index in [1.807, 2.05) is 36.4 Å². The summed E-state index contributed by atoms with van der Waals surface area (Å²) in [5.41, 5.74) is 5.12. The highest BCUT2D eigenvalue weighted by Gasteiger charge is 2.14. The standard InChI is InChI=1S/C18H16O2/c1-12-8-9-17-15(10-11-20-17)18(12)13(2)14-6-4-5-7-16(14)19-3/h4-11H,2H2,1,3H3. The Morgan fingerprint density at radius 2 is 1.90 bits per heavy atom. The molecule has 1 aromatic heterocycles. The predicted octanol–water partition coefficient (Wildman–Crippen LogP) is 4.81. The maximum absolute atomic E-state index is 5.48. The summed E-state index contributed by atoms with van der Waals surface area (Å²) in [6.45, 7) is 6.36. The Morgan fingerprint density at radius 3 is 2.70 bits per heavy atom. The lowest BCUT2D eigenvalue weighted by atomic mass is 9.92. The number of methoxy groups -OCH3 is 1. The highest BCUT2D eigenvalue weighted by molar-refractivity contribution is 5.97. The number of aryl methyl sites for hydroxylation is 1. The summed E-state index contributed by atoms with van der Waals surface area (Å²) < 4.78 is 10.9. The van der Waals surface area contributed by atoms with Crippen LogP contribution in [-0.2, 0) is 0 Å². The number of hydrogen-bond acceptors (Lipinski definition) is 2. The summed E-state index contributed by atoms with van der Waals surface area (Å²) in [6, 6.07) is 14.0. The van der Waals surface area contributed by atoms with Gasteiger partial charge in [-0.15, -0.1) is 0 Å². The van der Waals surface area contributed by atoms with Crippen LogP contribution in [0.15, 0.2) is 59.7 Å². The lowest BCUT2D eigenvalue weighted by molar-refractivity contribution is 0.413. The lowest BCUT2D eigenvalue weighted by Crippen LogP contribution is -1.94. The number of fused-ring (bicyclic) bond motifs is 1. The molecule has 3 rings (SSSR count). The number of rotatable bonds is 3. The van der Waals surface area contributed by atoms with Gasteiger partial charge in [-0.3, -0.25) is 0 Å². The molecule has 100 valence electrons. The van der Waals surface area contributed by atoms with Crippen molar-refractivity contribution in [3.05, 3.63) is 72.0 Å². The number of para-hydroxylation sites is 1. The highest BCUT2D eigenvalue weighted by Crippen LogP contribution is 2.35. The summed E-state index contributed by atoms with van der Waals surface area (Å²) >= 11 is 0. The van der Waals surface area contributed by atoms with Gasteiger partial charge in [0.25, 0.3) is 0 Å². The van der Waals surface area contributed by atoms with Crippen molar-refractivity contribution in [2.24, 2.45) is 0 Å². The van der Waals surface area contributed by atoms with E-state index in [0.717, 1.165) is 33.4 Å². The van der Waals surface area contributed by atoms with Gasteiger partial charge in [0, 0.05) is 10.9 Å². The Morgan fingerprint density at radius 1 is 1.10 bits per heavy atom. The van der Waals surface area contributed by atoms with Crippen LogP contribution < -0.4 is 4.74 Å². The van der Waals surface area contributed by atoms with Crippen molar-refractivity contribution in [2.75, 3.05) is 7.11 Å². The summed E-state index contributed by atoms with van der Waals surface area (Å²) in [4.78, 5) is 0. The quantitative estimate of drug-likeness (QED) is 0.677. The second kappa shape index (κ2) is 4.89. The minimum atomic E-state index is 0.831. The van der Waals surface area contributed by atoms with E-state index < -0.39 is 0 Å². The zero-order valence-corrected chi connectivity index (χ0v) is 11.6. The lowest BCUT2D eigenvalue weighted by Gasteiger charge is -2.14. The van der Waals surface area contributed by atoms with Gasteiger partial charge in [-0.1, -0.05) is 30.8 Å². The van der Waals surface area contributed by atoms with Gasteiger partial charge >= 0.3 is 0 Å². The fourth-order valence-corrected chi connectivity index (χ4v) is 2.58. The average molecular weight is 264 g/mol. The number of hydrogen-bond donors (Lipinski definition) is 0. The van der Waals surface area contributed by atoms with Gasteiger partial charge < -0.3 is 9.15 Å². The molecular formula is C18H16O2. The monoisotopic (exact) mass is 264 g/mol. The number of ether oxygens (including phenoxy) is 1. The van der Waals surface area contributed by atoms with Gasteiger partial charge in [-0.05, 0) is 41.8 Å². The molecule has 2 heteroatoms. The van der Waals surface area contributed by atoms with Gasteiger partial charge in [0.15, 0.2) is 0 Å². The second-order valence-electron chi connectivity index (χ2n) is 4.77. The van der Waals surface area contributed by atoms with Crippen molar-refractivity contribution in [3.63, 3.8) is 0 Å². The maximum atomic E-state index is 5.48. The van der Waals surface area contributed by atoms with Crippen molar-refractivity contribution in [2.45, 2.75) is 6.92 Å². The smallest absolute Gasteiger partial charge is 0.134 e. The molecule has 0 aliphatic rings. The first-order valence-corrected chi connectivity index (χ1v) is 6.52. The van der Waals surface area contributed by atoms with E-state index in [4.69, 9.17) is 9.15 Å². The van der Waals surface area contributed by atoms with E-state index in [0.29, 0.717) is 0 Å². The van der Waals surface area contributed by atoms with Gasteiger partial charge in [0.2, 0.25) is 0 Å². The average Bonchev–Trinajstić information content (AvgIpc) is 2.94. The predicted molar refractivity (Wildman–Crippen MR) is 82.1 cm³/mol. The van der Waals surface area contributed by atoms with Crippen LogP contribution in [0.1, 0.15) is 16.7 Å². The van der Waals surface area contributed by atoms with Crippen LogP contribution in [-0.4, -0.2) is 7.11 Å². The van der Waals surface area contributed by atoms with E-state index in [-0.39, 0.29) is 0 Å². The fourth-order valence-electron chi connectivity index (χ4n) is 2.58. The highest BCUT2D eigenvalue weighted by atomic mass is 16.5. The number of benzene rings is 2. The minimum Gasteiger partial charge on any atom is -0.496 e. The molecule has 0 aliphatic carbocycles. The molecule has 0 saturated heterocycles. The first-order valence-electron chi connectivity index (χ1n) is 6.52. The second-order valence-corrected chi connectivity index (χ2v) is 4.77. The molecule has 0 atom stereocenters.